The molecule has 1 aliphatic heterocycles. The van der Waals surface area contributed by atoms with Gasteiger partial charge >= 0.3 is 0 Å². The van der Waals surface area contributed by atoms with Crippen LogP contribution in [0.2, 0.25) is 0 Å². The maximum Gasteiger partial charge on any atom is 0.291 e. The zero-order valence-electron chi connectivity index (χ0n) is 15.5. The molecule has 7 heteroatoms. The van der Waals surface area contributed by atoms with Gasteiger partial charge in [-0.05, 0) is 47.5 Å². The topological polar surface area (TPSA) is 63.4 Å². The summed E-state index contributed by atoms with van der Waals surface area (Å²) >= 11 is 0. The van der Waals surface area contributed by atoms with E-state index in [-0.39, 0.29) is 28.8 Å². The third-order valence-corrected chi connectivity index (χ3v) is 5.19. The molecule has 148 valence electrons. The number of pyridine rings is 1. The average molecular weight is 404 g/mol. The van der Waals surface area contributed by atoms with E-state index in [0.29, 0.717) is 5.56 Å². The van der Waals surface area contributed by atoms with Gasteiger partial charge in [-0.2, -0.15) is 0 Å². The summed E-state index contributed by atoms with van der Waals surface area (Å²) in [6.45, 7) is 0.170. The molecule has 1 amide bonds. The van der Waals surface area contributed by atoms with Crippen LogP contribution in [0.5, 0.6) is 0 Å². The van der Waals surface area contributed by atoms with Crippen LogP contribution in [0.1, 0.15) is 33.3 Å². The molecule has 1 aliphatic rings. The minimum Gasteiger partial charge on any atom is -0.450 e. The first-order valence-electron chi connectivity index (χ1n) is 9.24. The van der Waals surface area contributed by atoms with E-state index in [2.05, 4.69) is 4.98 Å². The third kappa shape index (κ3) is 2.86. The monoisotopic (exact) mass is 404 g/mol. The van der Waals surface area contributed by atoms with Crippen LogP contribution in [0.15, 0.2) is 76.2 Å². The molecule has 0 radical (unpaired) electrons. The van der Waals surface area contributed by atoms with Crippen molar-refractivity contribution in [2.75, 3.05) is 0 Å². The van der Waals surface area contributed by atoms with Crippen molar-refractivity contribution in [1.29, 1.82) is 0 Å². The molecular weight excluding hydrogens is 390 g/mol. The van der Waals surface area contributed by atoms with Gasteiger partial charge in [0.2, 0.25) is 5.76 Å². The normalized spacial score (nSPS) is 15.6. The lowest BCUT2D eigenvalue weighted by Gasteiger charge is -2.25. The largest absolute Gasteiger partial charge is 0.450 e. The number of halogens is 2. The molecule has 0 spiro atoms. The van der Waals surface area contributed by atoms with E-state index >= 15 is 0 Å². The highest BCUT2D eigenvalue weighted by atomic mass is 19.1. The summed E-state index contributed by atoms with van der Waals surface area (Å²) in [6, 6.07) is 11.9. The van der Waals surface area contributed by atoms with Crippen molar-refractivity contribution >= 4 is 16.9 Å². The summed E-state index contributed by atoms with van der Waals surface area (Å²) in [7, 11) is 0. The fourth-order valence-corrected chi connectivity index (χ4v) is 3.84. The Balaban J connectivity index is 1.74. The second-order valence-corrected chi connectivity index (χ2v) is 7.06. The van der Waals surface area contributed by atoms with Gasteiger partial charge in [0.15, 0.2) is 5.43 Å². The molecule has 30 heavy (non-hydrogen) atoms. The third-order valence-electron chi connectivity index (χ3n) is 5.19. The summed E-state index contributed by atoms with van der Waals surface area (Å²) in [5, 5.41) is 0.0527. The van der Waals surface area contributed by atoms with Gasteiger partial charge in [-0.1, -0.05) is 18.2 Å². The van der Waals surface area contributed by atoms with Crippen LogP contribution in [0.4, 0.5) is 8.78 Å². The predicted molar refractivity (Wildman–Crippen MR) is 105 cm³/mol. The fraction of sp³-hybridized carbons (Fsp3) is 0.0870. The van der Waals surface area contributed by atoms with Gasteiger partial charge in [-0.3, -0.25) is 14.6 Å². The minimum absolute atomic E-state index is 0.0527. The number of carbonyl (C=O) groups excluding carboxylic acids is 1. The Hall–Kier alpha value is -3.87. The first kappa shape index (κ1) is 18.2. The van der Waals surface area contributed by atoms with Crippen LogP contribution >= 0.6 is 0 Å². The summed E-state index contributed by atoms with van der Waals surface area (Å²) in [5.41, 5.74) is 1.08. The van der Waals surface area contributed by atoms with Crippen molar-refractivity contribution in [2.45, 2.75) is 12.6 Å². The number of nitrogens with zero attached hydrogens (tertiary/aromatic N) is 2. The van der Waals surface area contributed by atoms with E-state index in [9.17, 15) is 18.4 Å². The van der Waals surface area contributed by atoms with Crippen molar-refractivity contribution in [3.05, 3.63) is 111 Å². The van der Waals surface area contributed by atoms with Crippen LogP contribution in [0.25, 0.3) is 11.0 Å². The highest BCUT2D eigenvalue weighted by Crippen LogP contribution is 2.39. The van der Waals surface area contributed by atoms with Crippen molar-refractivity contribution in [3.63, 3.8) is 0 Å². The Morgan fingerprint density at radius 1 is 1.00 bits per heavy atom. The van der Waals surface area contributed by atoms with E-state index in [1.54, 1.807) is 18.5 Å². The van der Waals surface area contributed by atoms with Gasteiger partial charge in [0, 0.05) is 18.9 Å². The predicted octanol–water partition coefficient (Wildman–Crippen LogP) is 4.21. The highest BCUT2D eigenvalue weighted by molar-refractivity contribution is 5.99. The zero-order valence-corrected chi connectivity index (χ0v) is 15.5. The Kier molecular flexibility index (Phi) is 4.17. The first-order valence-corrected chi connectivity index (χ1v) is 9.24. The molecule has 5 nitrogen and oxygen atoms in total. The molecule has 0 aliphatic carbocycles. The van der Waals surface area contributed by atoms with Gasteiger partial charge in [0.25, 0.3) is 5.91 Å². The Bertz CT molecular complexity index is 1330. The van der Waals surface area contributed by atoms with Gasteiger partial charge in [-0.15, -0.1) is 0 Å². The summed E-state index contributed by atoms with van der Waals surface area (Å²) in [5.74, 6) is -1.57. The molecule has 0 fully saturated rings. The highest BCUT2D eigenvalue weighted by Gasteiger charge is 2.42. The fourth-order valence-electron chi connectivity index (χ4n) is 3.84. The van der Waals surface area contributed by atoms with E-state index < -0.39 is 29.0 Å². The second-order valence-electron chi connectivity index (χ2n) is 7.06. The number of fused-ring (bicyclic) bond motifs is 2. The Labute approximate surface area is 169 Å². The molecule has 4 aromatic rings. The molecule has 0 saturated heterocycles. The summed E-state index contributed by atoms with van der Waals surface area (Å²) in [6.07, 6.45) is 3.24. The molecule has 1 unspecified atom stereocenters. The minimum atomic E-state index is -0.794. The maximum absolute atomic E-state index is 13.8. The summed E-state index contributed by atoms with van der Waals surface area (Å²) in [4.78, 5) is 32.1. The van der Waals surface area contributed by atoms with Crippen LogP contribution in [-0.4, -0.2) is 15.8 Å². The number of hydrogen-bond donors (Lipinski definition) is 0. The maximum atomic E-state index is 13.8. The number of rotatable bonds is 3. The van der Waals surface area contributed by atoms with Gasteiger partial charge in [0.05, 0.1) is 17.0 Å². The second kappa shape index (κ2) is 6.88. The zero-order chi connectivity index (χ0) is 20.8. The van der Waals surface area contributed by atoms with Gasteiger partial charge < -0.3 is 9.32 Å². The molecule has 0 bridgehead atoms. The van der Waals surface area contributed by atoms with Gasteiger partial charge in [-0.25, -0.2) is 8.78 Å². The molecule has 2 aromatic carbocycles. The number of amides is 1. The molecule has 3 heterocycles. The van der Waals surface area contributed by atoms with Crippen LogP contribution < -0.4 is 5.43 Å². The molecule has 0 N–H and O–H groups in total. The lowest BCUT2D eigenvalue weighted by molar-refractivity contribution is 0.0714. The smallest absolute Gasteiger partial charge is 0.291 e. The molecule has 0 saturated carbocycles. The SMILES string of the molecule is O=C1c2oc3ccc(F)cc3c(=O)c2C(c2ccc(F)cc2)N1Cc1cccnc1. The van der Waals surface area contributed by atoms with Crippen molar-refractivity contribution in [3.8, 4) is 0 Å². The number of carbonyl (C=O) groups is 1. The summed E-state index contributed by atoms with van der Waals surface area (Å²) < 4.78 is 33.0. The number of benzene rings is 2. The number of hydrogen-bond acceptors (Lipinski definition) is 4. The van der Waals surface area contributed by atoms with Crippen LogP contribution in [-0.2, 0) is 6.54 Å². The lowest BCUT2D eigenvalue weighted by atomic mass is 9.98. The van der Waals surface area contributed by atoms with Crippen molar-refractivity contribution in [1.82, 2.24) is 9.88 Å². The Morgan fingerprint density at radius 3 is 2.50 bits per heavy atom. The van der Waals surface area contributed by atoms with Crippen LogP contribution in [0.3, 0.4) is 0 Å². The molecule has 5 rings (SSSR count). The lowest BCUT2D eigenvalue weighted by Crippen LogP contribution is -2.29. The Morgan fingerprint density at radius 2 is 1.77 bits per heavy atom. The van der Waals surface area contributed by atoms with E-state index in [1.807, 2.05) is 6.07 Å². The van der Waals surface area contributed by atoms with Crippen molar-refractivity contribution in [2.24, 2.45) is 0 Å². The van der Waals surface area contributed by atoms with Crippen LogP contribution in [0, 0.1) is 11.6 Å². The van der Waals surface area contributed by atoms with Crippen molar-refractivity contribution < 1.29 is 18.0 Å². The quantitative estimate of drug-likeness (QED) is 0.513. The van der Waals surface area contributed by atoms with E-state index in [0.717, 1.165) is 11.6 Å². The molecule has 2 aromatic heterocycles. The number of aromatic nitrogens is 1. The standard InChI is InChI=1S/C23H14F2N2O3/c24-15-5-3-14(4-6-15)20-19-21(28)17-10-16(25)7-8-18(17)30-22(19)23(29)27(20)12-13-2-1-9-26-11-13/h1-11,20H,12H2. The average Bonchev–Trinajstić information content (AvgIpc) is 3.02. The molecular formula is C23H14F2N2O3. The molecule has 1 atom stereocenters. The van der Waals surface area contributed by atoms with E-state index in [4.69, 9.17) is 4.42 Å². The van der Waals surface area contributed by atoms with Gasteiger partial charge in [0.1, 0.15) is 17.2 Å². The first-order chi connectivity index (χ1) is 14.5. The van der Waals surface area contributed by atoms with E-state index in [1.165, 1.54) is 41.3 Å².